The molecule has 0 fully saturated rings. The van der Waals surface area contributed by atoms with E-state index in [1.165, 1.54) is 22.2 Å². The number of thiophene rings is 2. The molecule has 3 heterocycles. The maximum atomic E-state index is 13.3. The summed E-state index contributed by atoms with van der Waals surface area (Å²) in [6.07, 6.45) is 1.29. The van der Waals surface area contributed by atoms with Gasteiger partial charge >= 0.3 is 5.97 Å². The summed E-state index contributed by atoms with van der Waals surface area (Å²) in [5.74, 6) is -1.32. The number of para-hydroxylation sites is 1. The molecule has 0 aliphatic heterocycles. The van der Waals surface area contributed by atoms with E-state index in [1.807, 2.05) is 38.1 Å². The molecule has 0 radical (unpaired) electrons. The van der Waals surface area contributed by atoms with Gasteiger partial charge in [-0.05, 0) is 57.4 Å². The number of carbonyl (C=O) groups excluding carboxylic acids is 3. The molecule has 1 aromatic carbocycles. The first kappa shape index (κ1) is 26.2. The predicted octanol–water partition coefficient (Wildman–Crippen LogP) is 4.82. The standard InChI is InChI=1S/C26H26N4O5S2/c1-6-35-26(34)20-14(3)16(5)36-24(20)29-18(31)11-30-12-27-23-19(25(30)33)15(4)21(37-23)22(32)28-17-10-8-7-9-13(17)2/h7-10,12H,6,11H2,1-5H3,(H,28,32)(H,29,31). The van der Waals surface area contributed by atoms with Gasteiger partial charge in [0.05, 0.1) is 28.8 Å². The number of ether oxygens (including phenoxy) is 1. The molecule has 0 aliphatic carbocycles. The van der Waals surface area contributed by atoms with E-state index in [9.17, 15) is 19.2 Å². The Balaban J connectivity index is 1.58. The van der Waals surface area contributed by atoms with Gasteiger partial charge in [-0.3, -0.25) is 19.0 Å². The van der Waals surface area contributed by atoms with Crippen molar-refractivity contribution in [2.75, 3.05) is 17.2 Å². The number of hydrogen-bond donors (Lipinski definition) is 2. The summed E-state index contributed by atoms with van der Waals surface area (Å²) in [6, 6.07) is 7.42. The van der Waals surface area contributed by atoms with Gasteiger partial charge in [0.15, 0.2) is 0 Å². The summed E-state index contributed by atoms with van der Waals surface area (Å²) in [7, 11) is 0. The molecule has 0 aliphatic rings. The lowest BCUT2D eigenvalue weighted by Gasteiger charge is -2.09. The zero-order chi connectivity index (χ0) is 26.9. The molecular weight excluding hydrogens is 512 g/mol. The van der Waals surface area contributed by atoms with Gasteiger partial charge in [-0.1, -0.05) is 18.2 Å². The number of amides is 2. The Bertz CT molecular complexity index is 1600. The Morgan fingerprint density at radius 2 is 1.76 bits per heavy atom. The summed E-state index contributed by atoms with van der Waals surface area (Å²) in [5.41, 5.74) is 2.75. The van der Waals surface area contributed by atoms with Crippen molar-refractivity contribution >= 4 is 61.4 Å². The average molecular weight is 539 g/mol. The molecule has 3 aromatic heterocycles. The Morgan fingerprint density at radius 3 is 2.46 bits per heavy atom. The first-order valence-electron chi connectivity index (χ1n) is 11.5. The van der Waals surface area contributed by atoms with Crippen molar-refractivity contribution in [2.45, 2.75) is 41.2 Å². The number of rotatable bonds is 7. The quantitative estimate of drug-likeness (QED) is 0.326. The molecule has 11 heteroatoms. The van der Waals surface area contributed by atoms with Gasteiger partial charge in [0.25, 0.3) is 11.5 Å². The molecule has 192 valence electrons. The molecule has 0 spiro atoms. The van der Waals surface area contributed by atoms with Gasteiger partial charge in [-0.2, -0.15) is 0 Å². The topological polar surface area (TPSA) is 119 Å². The average Bonchev–Trinajstić information content (AvgIpc) is 3.33. The molecule has 4 rings (SSSR count). The smallest absolute Gasteiger partial charge is 0.341 e. The van der Waals surface area contributed by atoms with Crippen LogP contribution in [0.3, 0.4) is 0 Å². The minimum Gasteiger partial charge on any atom is -0.462 e. The third-order valence-electron chi connectivity index (χ3n) is 5.95. The highest BCUT2D eigenvalue weighted by molar-refractivity contribution is 7.20. The summed E-state index contributed by atoms with van der Waals surface area (Å²) in [4.78, 5) is 57.5. The van der Waals surface area contributed by atoms with Gasteiger partial charge in [0, 0.05) is 10.6 Å². The predicted molar refractivity (Wildman–Crippen MR) is 146 cm³/mol. The molecule has 2 amide bonds. The second-order valence-corrected chi connectivity index (χ2v) is 10.7. The van der Waals surface area contributed by atoms with E-state index in [0.29, 0.717) is 36.9 Å². The maximum Gasteiger partial charge on any atom is 0.341 e. The SMILES string of the molecule is CCOC(=O)c1c(NC(=O)Cn2cnc3sc(C(=O)Nc4ccccc4C)c(C)c3c2=O)sc(C)c1C. The molecular formula is C26H26N4O5S2. The summed E-state index contributed by atoms with van der Waals surface area (Å²) in [5, 5.41) is 6.30. The number of nitrogens with one attached hydrogen (secondary N) is 2. The first-order valence-corrected chi connectivity index (χ1v) is 13.2. The monoisotopic (exact) mass is 538 g/mol. The minimum atomic E-state index is -0.509. The van der Waals surface area contributed by atoms with E-state index < -0.39 is 17.4 Å². The fraction of sp³-hybridized carbons (Fsp3) is 0.269. The van der Waals surface area contributed by atoms with Crippen LogP contribution >= 0.6 is 22.7 Å². The van der Waals surface area contributed by atoms with Crippen molar-refractivity contribution < 1.29 is 19.1 Å². The second kappa shape index (κ2) is 10.7. The van der Waals surface area contributed by atoms with Crippen LogP contribution in [0.15, 0.2) is 35.4 Å². The molecule has 9 nitrogen and oxygen atoms in total. The number of aromatic nitrogens is 2. The van der Waals surface area contributed by atoms with Crippen LogP contribution in [0.2, 0.25) is 0 Å². The molecule has 0 unspecified atom stereocenters. The lowest BCUT2D eigenvalue weighted by atomic mass is 10.1. The maximum absolute atomic E-state index is 13.3. The van der Waals surface area contributed by atoms with Crippen molar-refractivity contribution in [3.8, 4) is 0 Å². The van der Waals surface area contributed by atoms with Gasteiger partial charge < -0.3 is 15.4 Å². The number of anilines is 2. The third kappa shape index (κ3) is 5.18. The van der Waals surface area contributed by atoms with E-state index in [-0.39, 0.29) is 19.1 Å². The van der Waals surface area contributed by atoms with Crippen LogP contribution in [0.25, 0.3) is 10.2 Å². The normalized spacial score (nSPS) is 10.9. The Labute approximate surface area is 221 Å². The van der Waals surface area contributed by atoms with Crippen LogP contribution in [0.4, 0.5) is 10.7 Å². The Morgan fingerprint density at radius 1 is 1.03 bits per heavy atom. The lowest BCUT2D eigenvalue weighted by molar-refractivity contribution is -0.116. The number of benzene rings is 1. The van der Waals surface area contributed by atoms with E-state index >= 15 is 0 Å². The molecule has 2 N–H and O–H groups in total. The van der Waals surface area contributed by atoms with Crippen molar-refractivity contribution in [3.63, 3.8) is 0 Å². The largest absolute Gasteiger partial charge is 0.462 e. The summed E-state index contributed by atoms with van der Waals surface area (Å²) < 4.78 is 6.32. The van der Waals surface area contributed by atoms with Gasteiger partial charge in [-0.25, -0.2) is 9.78 Å². The van der Waals surface area contributed by atoms with Crippen molar-refractivity contribution in [1.82, 2.24) is 9.55 Å². The molecule has 0 saturated heterocycles. The van der Waals surface area contributed by atoms with Gasteiger partial charge in [0.2, 0.25) is 5.91 Å². The van der Waals surface area contributed by atoms with Crippen LogP contribution in [0.1, 0.15) is 48.5 Å². The van der Waals surface area contributed by atoms with Crippen molar-refractivity contribution in [3.05, 3.63) is 73.0 Å². The van der Waals surface area contributed by atoms with E-state index in [4.69, 9.17) is 4.74 Å². The van der Waals surface area contributed by atoms with E-state index in [2.05, 4.69) is 15.6 Å². The van der Waals surface area contributed by atoms with Crippen LogP contribution in [-0.4, -0.2) is 33.9 Å². The minimum absolute atomic E-state index is 0.215. The Hall–Kier alpha value is -3.83. The number of aryl methyl sites for hydroxylation is 3. The number of nitrogens with zero attached hydrogens (tertiary/aromatic N) is 2. The number of hydrogen-bond acceptors (Lipinski definition) is 8. The number of fused-ring (bicyclic) bond motifs is 1. The zero-order valence-corrected chi connectivity index (χ0v) is 22.7. The number of carbonyl (C=O) groups is 3. The molecule has 0 bridgehead atoms. The fourth-order valence-corrected chi connectivity index (χ4v) is 5.96. The highest BCUT2D eigenvalue weighted by Crippen LogP contribution is 2.33. The molecule has 0 saturated carbocycles. The van der Waals surface area contributed by atoms with E-state index in [0.717, 1.165) is 27.3 Å². The third-order valence-corrected chi connectivity index (χ3v) is 8.27. The molecule has 4 aromatic rings. The molecule has 0 atom stereocenters. The highest BCUT2D eigenvalue weighted by Gasteiger charge is 2.23. The van der Waals surface area contributed by atoms with Crippen molar-refractivity contribution in [2.24, 2.45) is 0 Å². The van der Waals surface area contributed by atoms with Gasteiger partial charge in [0.1, 0.15) is 16.4 Å². The van der Waals surface area contributed by atoms with Crippen LogP contribution in [-0.2, 0) is 16.1 Å². The lowest BCUT2D eigenvalue weighted by Crippen LogP contribution is -2.28. The summed E-state index contributed by atoms with van der Waals surface area (Å²) in [6.45, 7) is 8.86. The van der Waals surface area contributed by atoms with Crippen LogP contribution < -0.4 is 16.2 Å². The summed E-state index contributed by atoms with van der Waals surface area (Å²) >= 11 is 2.40. The van der Waals surface area contributed by atoms with Crippen LogP contribution in [0, 0.1) is 27.7 Å². The number of esters is 1. The van der Waals surface area contributed by atoms with Gasteiger partial charge in [-0.15, -0.1) is 22.7 Å². The van der Waals surface area contributed by atoms with Crippen LogP contribution in [0.5, 0.6) is 0 Å². The van der Waals surface area contributed by atoms with E-state index in [1.54, 1.807) is 20.8 Å². The molecule has 37 heavy (non-hydrogen) atoms. The zero-order valence-electron chi connectivity index (χ0n) is 21.1. The van der Waals surface area contributed by atoms with Crippen molar-refractivity contribution in [1.29, 1.82) is 0 Å². The second-order valence-electron chi connectivity index (χ2n) is 8.44. The first-order chi connectivity index (χ1) is 17.6. The Kier molecular flexibility index (Phi) is 7.55. The fourth-order valence-electron chi connectivity index (χ4n) is 3.87. The highest BCUT2D eigenvalue weighted by atomic mass is 32.1.